The Labute approximate surface area is 184 Å². The van der Waals surface area contributed by atoms with Crippen molar-refractivity contribution in [3.8, 4) is 5.75 Å². The molecule has 8 nitrogen and oxygen atoms in total. The van der Waals surface area contributed by atoms with Crippen LogP contribution in [-0.4, -0.2) is 35.4 Å². The molecule has 0 radical (unpaired) electrons. The third-order valence-electron chi connectivity index (χ3n) is 4.41. The highest BCUT2D eigenvalue weighted by atomic mass is 32.2. The molecule has 2 aliphatic heterocycles. The Morgan fingerprint density at radius 1 is 1.10 bits per heavy atom. The van der Waals surface area contributed by atoms with Crippen LogP contribution in [0.3, 0.4) is 0 Å². The zero-order valence-electron chi connectivity index (χ0n) is 16.6. The summed E-state index contributed by atoms with van der Waals surface area (Å²) in [6, 6.07) is 14.2. The number of carbonyl (C=O) groups is 1. The van der Waals surface area contributed by atoms with E-state index in [1.807, 2.05) is 13.8 Å². The van der Waals surface area contributed by atoms with Crippen molar-refractivity contribution in [2.75, 3.05) is 0 Å². The van der Waals surface area contributed by atoms with Gasteiger partial charge >= 0.3 is 10.1 Å². The Balaban J connectivity index is 1.69. The number of hydrogen-bond donors (Lipinski definition) is 1. The maximum absolute atomic E-state index is 12.6. The fraction of sp³-hybridized carbons (Fsp3) is 0.143. The molecule has 2 aromatic rings. The predicted molar refractivity (Wildman–Crippen MR) is 121 cm³/mol. The number of rotatable bonds is 5. The molecule has 158 valence electrons. The van der Waals surface area contributed by atoms with Crippen LogP contribution in [0.2, 0.25) is 0 Å². The fourth-order valence-corrected chi connectivity index (χ4v) is 4.69. The van der Waals surface area contributed by atoms with Crippen molar-refractivity contribution in [1.29, 1.82) is 5.41 Å². The summed E-state index contributed by atoms with van der Waals surface area (Å²) < 4.78 is 30.6. The van der Waals surface area contributed by atoms with Gasteiger partial charge in [0.2, 0.25) is 5.17 Å². The van der Waals surface area contributed by atoms with Crippen LogP contribution in [0.1, 0.15) is 19.4 Å². The molecular formula is C21H18N4O4S2. The molecule has 2 aliphatic rings. The number of fused-ring (bicyclic) bond motifs is 1. The summed E-state index contributed by atoms with van der Waals surface area (Å²) in [7, 11) is -4.07. The van der Waals surface area contributed by atoms with Gasteiger partial charge in [0.15, 0.2) is 5.84 Å². The summed E-state index contributed by atoms with van der Waals surface area (Å²) in [6.45, 7) is 3.93. The Kier molecular flexibility index (Phi) is 5.50. The highest BCUT2D eigenvalue weighted by molar-refractivity contribution is 8.27. The van der Waals surface area contributed by atoms with Crippen LogP contribution in [0, 0.1) is 11.3 Å². The normalized spacial score (nSPS) is 17.6. The lowest BCUT2D eigenvalue weighted by Crippen LogP contribution is -2.35. The molecular weight excluding hydrogens is 436 g/mol. The first kappa shape index (κ1) is 21.0. The lowest BCUT2D eigenvalue weighted by molar-refractivity contribution is -0.114. The SMILES string of the molecule is CC(C)C1=NN2C(=N)/C(=C\c3ccccc3OS(=O)(=O)c3ccccc3)C(=O)N=C2S1. The number of hydrogen-bond acceptors (Lipinski definition) is 7. The van der Waals surface area contributed by atoms with Gasteiger partial charge in [-0.3, -0.25) is 10.2 Å². The van der Waals surface area contributed by atoms with E-state index in [1.165, 1.54) is 41.0 Å². The molecule has 0 atom stereocenters. The summed E-state index contributed by atoms with van der Waals surface area (Å²) >= 11 is 1.26. The van der Waals surface area contributed by atoms with E-state index in [0.717, 1.165) is 5.04 Å². The molecule has 0 saturated heterocycles. The second-order valence-corrected chi connectivity index (χ2v) is 9.54. The van der Waals surface area contributed by atoms with Crippen LogP contribution >= 0.6 is 11.8 Å². The molecule has 10 heteroatoms. The molecule has 0 aromatic heterocycles. The summed E-state index contributed by atoms with van der Waals surface area (Å²) in [5.41, 5.74) is 0.319. The van der Waals surface area contributed by atoms with E-state index in [0.29, 0.717) is 10.7 Å². The second kappa shape index (κ2) is 8.12. The second-order valence-electron chi connectivity index (χ2n) is 7.00. The van der Waals surface area contributed by atoms with Crippen LogP contribution in [0.5, 0.6) is 5.75 Å². The minimum atomic E-state index is -4.07. The van der Waals surface area contributed by atoms with Crippen molar-refractivity contribution in [3.63, 3.8) is 0 Å². The Hall–Kier alpha value is -3.24. The smallest absolute Gasteiger partial charge is 0.339 e. The molecule has 2 aromatic carbocycles. The summed E-state index contributed by atoms with van der Waals surface area (Å²) in [5.74, 6) is -0.550. The van der Waals surface area contributed by atoms with Crippen molar-refractivity contribution >= 4 is 49.9 Å². The first-order chi connectivity index (χ1) is 14.8. The summed E-state index contributed by atoms with van der Waals surface area (Å²) in [6.07, 6.45) is 1.40. The quantitative estimate of drug-likeness (QED) is 0.544. The Morgan fingerprint density at radius 2 is 1.77 bits per heavy atom. The molecule has 0 aliphatic carbocycles. The Morgan fingerprint density at radius 3 is 2.48 bits per heavy atom. The van der Waals surface area contributed by atoms with Crippen molar-refractivity contribution in [2.24, 2.45) is 16.0 Å². The van der Waals surface area contributed by atoms with Crippen molar-refractivity contribution < 1.29 is 17.4 Å². The van der Waals surface area contributed by atoms with E-state index in [4.69, 9.17) is 9.59 Å². The number of aliphatic imine (C=N–C) groups is 1. The Bertz CT molecular complexity index is 1270. The summed E-state index contributed by atoms with van der Waals surface area (Å²) in [5, 5.41) is 15.2. The third-order valence-corrected chi connectivity index (χ3v) is 6.87. The van der Waals surface area contributed by atoms with Crippen LogP contribution in [0.15, 0.2) is 75.2 Å². The topological polar surface area (TPSA) is 112 Å². The number of para-hydroxylation sites is 1. The van der Waals surface area contributed by atoms with Crippen LogP contribution in [0.4, 0.5) is 0 Å². The first-order valence-electron chi connectivity index (χ1n) is 9.35. The monoisotopic (exact) mass is 454 g/mol. The van der Waals surface area contributed by atoms with Gasteiger partial charge in [0.1, 0.15) is 15.7 Å². The fourth-order valence-electron chi connectivity index (χ4n) is 2.82. The number of thioether (sulfide) groups is 1. The van der Waals surface area contributed by atoms with Crippen LogP contribution in [-0.2, 0) is 14.9 Å². The van der Waals surface area contributed by atoms with E-state index in [9.17, 15) is 13.2 Å². The van der Waals surface area contributed by atoms with E-state index in [-0.39, 0.29) is 28.0 Å². The minimum Gasteiger partial charge on any atom is -0.378 e. The lowest BCUT2D eigenvalue weighted by atomic mass is 10.1. The van der Waals surface area contributed by atoms with Gasteiger partial charge in [-0.1, -0.05) is 50.2 Å². The average Bonchev–Trinajstić information content (AvgIpc) is 3.17. The number of amides is 1. The van der Waals surface area contributed by atoms with Gasteiger partial charge in [0, 0.05) is 11.5 Å². The van der Waals surface area contributed by atoms with Gasteiger partial charge in [-0.2, -0.15) is 23.5 Å². The molecule has 0 saturated carbocycles. The number of nitrogens with one attached hydrogen (secondary N) is 1. The van der Waals surface area contributed by atoms with Gasteiger partial charge in [-0.15, -0.1) is 0 Å². The number of benzene rings is 2. The number of hydrazone groups is 1. The average molecular weight is 455 g/mol. The van der Waals surface area contributed by atoms with Gasteiger partial charge in [0.05, 0.1) is 5.57 Å². The maximum atomic E-state index is 12.6. The van der Waals surface area contributed by atoms with E-state index < -0.39 is 16.0 Å². The molecule has 0 unspecified atom stereocenters. The highest BCUT2D eigenvalue weighted by Gasteiger charge is 2.36. The zero-order valence-corrected chi connectivity index (χ0v) is 18.3. The van der Waals surface area contributed by atoms with Crippen LogP contribution in [0.25, 0.3) is 6.08 Å². The molecule has 0 bridgehead atoms. The molecule has 0 fully saturated rings. The zero-order chi connectivity index (χ0) is 22.2. The molecule has 1 N–H and O–H groups in total. The number of amidine groups is 2. The standard InChI is InChI=1S/C21H18N4O4S2/c1-13(2)20-24-25-18(22)16(19(26)23-21(25)30-20)12-14-8-6-7-11-17(14)29-31(27,28)15-9-4-3-5-10-15/h3-13,22H,1-2H3/b16-12+,22-18?. The largest absolute Gasteiger partial charge is 0.378 e. The molecule has 0 spiro atoms. The predicted octanol–water partition coefficient (Wildman–Crippen LogP) is 3.73. The maximum Gasteiger partial charge on any atom is 0.339 e. The van der Waals surface area contributed by atoms with E-state index in [1.54, 1.807) is 36.4 Å². The number of carbonyl (C=O) groups excluding carboxylic acids is 1. The third kappa shape index (κ3) is 4.17. The van der Waals surface area contributed by atoms with E-state index >= 15 is 0 Å². The van der Waals surface area contributed by atoms with Gasteiger partial charge in [0.25, 0.3) is 5.91 Å². The minimum absolute atomic E-state index is 0.00809. The van der Waals surface area contributed by atoms with Gasteiger partial charge in [-0.25, -0.2) is 0 Å². The first-order valence-corrected chi connectivity index (χ1v) is 11.6. The molecule has 4 rings (SSSR count). The lowest BCUT2D eigenvalue weighted by Gasteiger charge is -2.20. The summed E-state index contributed by atoms with van der Waals surface area (Å²) in [4.78, 5) is 16.7. The van der Waals surface area contributed by atoms with E-state index in [2.05, 4.69) is 10.1 Å². The molecule has 31 heavy (non-hydrogen) atoms. The van der Waals surface area contributed by atoms with Crippen molar-refractivity contribution in [1.82, 2.24) is 5.01 Å². The highest BCUT2D eigenvalue weighted by Crippen LogP contribution is 2.32. The number of nitrogens with zero attached hydrogens (tertiary/aromatic N) is 3. The van der Waals surface area contributed by atoms with Gasteiger partial charge in [-0.05, 0) is 36.0 Å². The van der Waals surface area contributed by atoms with Crippen molar-refractivity contribution in [3.05, 3.63) is 65.7 Å². The van der Waals surface area contributed by atoms with Crippen molar-refractivity contribution in [2.45, 2.75) is 18.7 Å². The molecule has 2 heterocycles. The van der Waals surface area contributed by atoms with Crippen LogP contribution < -0.4 is 4.18 Å². The molecule has 1 amide bonds. The van der Waals surface area contributed by atoms with Gasteiger partial charge < -0.3 is 4.18 Å².